The van der Waals surface area contributed by atoms with Gasteiger partial charge in [-0.05, 0) is 31.4 Å². The molecule has 0 atom stereocenters. The number of hydrogen-bond donors (Lipinski definition) is 0. The topological polar surface area (TPSA) is 79.1 Å². The molecule has 0 unspecified atom stereocenters. The number of methoxy groups -OCH3 is 1. The first-order valence-electron chi connectivity index (χ1n) is 6.74. The van der Waals surface area contributed by atoms with Crippen LogP contribution in [0.5, 0.6) is 5.88 Å². The Labute approximate surface area is 127 Å². The molecular formula is C13H17ClN4O3. The summed E-state index contributed by atoms with van der Waals surface area (Å²) in [6.45, 7) is 2.85. The van der Waals surface area contributed by atoms with Gasteiger partial charge in [0.1, 0.15) is 11.0 Å². The lowest BCUT2D eigenvalue weighted by Crippen LogP contribution is -2.06. The maximum atomic E-state index is 11.3. The van der Waals surface area contributed by atoms with Gasteiger partial charge in [-0.15, -0.1) is 0 Å². The first-order valence-corrected chi connectivity index (χ1v) is 7.12. The van der Waals surface area contributed by atoms with E-state index < -0.39 is 0 Å². The number of nitrogens with zero attached hydrogens (tertiary/aromatic N) is 4. The third-order valence-electron chi connectivity index (χ3n) is 2.93. The molecule has 0 aromatic carbocycles. The summed E-state index contributed by atoms with van der Waals surface area (Å²) in [6, 6.07) is 0. The summed E-state index contributed by atoms with van der Waals surface area (Å²) in [7, 11) is 1.52. The van der Waals surface area contributed by atoms with E-state index in [0.29, 0.717) is 36.5 Å². The van der Waals surface area contributed by atoms with Crippen molar-refractivity contribution < 1.29 is 14.3 Å². The molecule has 0 aliphatic rings. The molecule has 2 rings (SSSR count). The van der Waals surface area contributed by atoms with Crippen LogP contribution in [0.15, 0.2) is 6.20 Å². The van der Waals surface area contributed by atoms with Gasteiger partial charge in [0.05, 0.1) is 19.9 Å². The minimum Gasteiger partial charge on any atom is -0.479 e. The highest BCUT2D eigenvalue weighted by Crippen LogP contribution is 2.23. The van der Waals surface area contributed by atoms with E-state index >= 15 is 0 Å². The van der Waals surface area contributed by atoms with Crippen molar-refractivity contribution in [2.24, 2.45) is 0 Å². The molecule has 2 aromatic rings. The Morgan fingerprint density at radius 1 is 1.38 bits per heavy atom. The Balaban J connectivity index is 2.01. The number of rotatable bonds is 7. The van der Waals surface area contributed by atoms with Crippen molar-refractivity contribution in [3.63, 3.8) is 0 Å². The highest BCUT2D eigenvalue weighted by atomic mass is 35.5. The largest absolute Gasteiger partial charge is 0.479 e. The first kappa shape index (κ1) is 15.5. The second-order valence-electron chi connectivity index (χ2n) is 4.37. The van der Waals surface area contributed by atoms with Crippen LogP contribution >= 0.6 is 11.6 Å². The molecule has 114 valence electrons. The van der Waals surface area contributed by atoms with Gasteiger partial charge in [-0.3, -0.25) is 9.48 Å². The van der Waals surface area contributed by atoms with E-state index in [2.05, 4.69) is 15.1 Å². The summed E-state index contributed by atoms with van der Waals surface area (Å²) in [5.41, 5.74) is 1.34. The molecule has 0 aliphatic heterocycles. The van der Waals surface area contributed by atoms with Crippen LogP contribution in [0.1, 0.15) is 26.2 Å². The summed E-state index contributed by atoms with van der Waals surface area (Å²) in [5, 5.41) is 4.38. The van der Waals surface area contributed by atoms with Gasteiger partial charge in [0.15, 0.2) is 0 Å². The summed E-state index contributed by atoms with van der Waals surface area (Å²) < 4.78 is 11.9. The lowest BCUT2D eigenvalue weighted by atomic mass is 10.2. The molecule has 0 spiro atoms. The number of ether oxygens (including phenoxy) is 2. The molecule has 0 fully saturated rings. The standard InChI is InChI=1S/C13H17ClN4O3/c1-3-21-10(19)6-4-5-7-18-11-9(8-15-18)16-13(14)17-12(11)20-2/h8H,3-7H2,1-2H3. The Bertz CT molecular complexity index is 629. The maximum absolute atomic E-state index is 11.3. The van der Waals surface area contributed by atoms with E-state index in [4.69, 9.17) is 21.1 Å². The van der Waals surface area contributed by atoms with Gasteiger partial charge >= 0.3 is 5.97 Å². The molecule has 0 radical (unpaired) electrons. The van der Waals surface area contributed by atoms with Gasteiger partial charge in [0.2, 0.25) is 11.2 Å². The number of halogens is 1. The zero-order valence-corrected chi connectivity index (χ0v) is 12.8. The first-order chi connectivity index (χ1) is 10.2. The number of unbranched alkanes of at least 4 members (excludes halogenated alkanes) is 1. The van der Waals surface area contributed by atoms with Crippen molar-refractivity contribution >= 4 is 28.6 Å². The summed E-state index contributed by atoms with van der Waals surface area (Å²) in [6.07, 6.45) is 3.56. The van der Waals surface area contributed by atoms with Gasteiger partial charge in [-0.1, -0.05) is 0 Å². The highest BCUT2D eigenvalue weighted by molar-refractivity contribution is 6.28. The SMILES string of the molecule is CCOC(=O)CCCCn1ncc2nc(Cl)nc(OC)c21. The van der Waals surface area contributed by atoms with Crippen LogP contribution in [0.3, 0.4) is 0 Å². The van der Waals surface area contributed by atoms with Crippen molar-refractivity contribution in [1.29, 1.82) is 0 Å². The van der Waals surface area contributed by atoms with Gasteiger partial charge in [0.25, 0.3) is 0 Å². The molecule has 2 heterocycles. The van der Waals surface area contributed by atoms with Crippen LogP contribution < -0.4 is 4.74 Å². The second kappa shape index (κ2) is 7.21. The Hall–Kier alpha value is -1.89. The normalized spacial score (nSPS) is 10.8. The lowest BCUT2D eigenvalue weighted by molar-refractivity contribution is -0.143. The molecule has 8 heteroatoms. The number of carbonyl (C=O) groups excluding carboxylic acids is 1. The zero-order chi connectivity index (χ0) is 15.2. The predicted molar refractivity (Wildman–Crippen MR) is 77.4 cm³/mol. The summed E-state index contributed by atoms with van der Waals surface area (Å²) >= 11 is 5.81. The van der Waals surface area contributed by atoms with Crippen molar-refractivity contribution in [2.45, 2.75) is 32.7 Å². The molecule has 0 amide bonds. The predicted octanol–water partition coefficient (Wildman–Crippen LogP) is 2.22. The van der Waals surface area contributed by atoms with Crippen molar-refractivity contribution in [3.8, 4) is 5.88 Å². The molecular weight excluding hydrogens is 296 g/mol. The van der Waals surface area contributed by atoms with Crippen LogP contribution in [-0.4, -0.2) is 39.4 Å². The molecule has 0 aliphatic carbocycles. The van der Waals surface area contributed by atoms with Gasteiger partial charge in [-0.25, -0.2) is 4.98 Å². The Morgan fingerprint density at radius 2 is 2.19 bits per heavy atom. The number of hydrogen-bond acceptors (Lipinski definition) is 6. The molecule has 0 N–H and O–H groups in total. The number of carbonyl (C=O) groups is 1. The average molecular weight is 313 g/mol. The van der Waals surface area contributed by atoms with E-state index in [9.17, 15) is 4.79 Å². The smallest absolute Gasteiger partial charge is 0.305 e. The fourth-order valence-corrected chi connectivity index (χ4v) is 2.18. The fourth-order valence-electron chi connectivity index (χ4n) is 2.01. The minimum atomic E-state index is -0.171. The van der Waals surface area contributed by atoms with Crippen LogP contribution in [0.4, 0.5) is 0 Å². The number of esters is 1. The zero-order valence-electron chi connectivity index (χ0n) is 12.0. The van der Waals surface area contributed by atoms with Gasteiger partial charge < -0.3 is 9.47 Å². The van der Waals surface area contributed by atoms with Crippen molar-refractivity contribution in [3.05, 3.63) is 11.5 Å². The third-order valence-corrected chi connectivity index (χ3v) is 3.10. The number of aromatic nitrogens is 4. The molecule has 7 nitrogen and oxygen atoms in total. The molecule has 2 aromatic heterocycles. The molecule has 0 saturated carbocycles. The van der Waals surface area contributed by atoms with E-state index in [1.807, 2.05) is 0 Å². The summed E-state index contributed by atoms with van der Waals surface area (Å²) in [5.74, 6) is 0.225. The van der Waals surface area contributed by atoms with Crippen LogP contribution in [-0.2, 0) is 16.1 Å². The van der Waals surface area contributed by atoms with Crippen molar-refractivity contribution in [2.75, 3.05) is 13.7 Å². The number of fused-ring (bicyclic) bond motifs is 1. The van der Waals surface area contributed by atoms with Gasteiger partial charge in [0, 0.05) is 13.0 Å². The van der Waals surface area contributed by atoms with E-state index in [0.717, 1.165) is 12.8 Å². The average Bonchev–Trinajstić information content (AvgIpc) is 2.86. The van der Waals surface area contributed by atoms with Crippen LogP contribution in [0, 0.1) is 0 Å². The lowest BCUT2D eigenvalue weighted by Gasteiger charge is -2.06. The molecule has 0 bridgehead atoms. The van der Waals surface area contributed by atoms with E-state index in [1.165, 1.54) is 7.11 Å². The second-order valence-corrected chi connectivity index (χ2v) is 4.70. The Morgan fingerprint density at radius 3 is 2.90 bits per heavy atom. The van der Waals surface area contributed by atoms with Crippen LogP contribution in [0.25, 0.3) is 11.0 Å². The van der Waals surface area contributed by atoms with E-state index in [1.54, 1.807) is 17.8 Å². The van der Waals surface area contributed by atoms with Crippen LogP contribution in [0.2, 0.25) is 5.28 Å². The maximum Gasteiger partial charge on any atom is 0.305 e. The molecule has 0 saturated heterocycles. The molecule has 21 heavy (non-hydrogen) atoms. The highest BCUT2D eigenvalue weighted by Gasteiger charge is 2.13. The fraction of sp³-hybridized carbons (Fsp3) is 0.538. The minimum absolute atomic E-state index is 0.126. The third kappa shape index (κ3) is 3.81. The quantitative estimate of drug-likeness (QED) is 0.443. The monoisotopic (exact) mass is 312 g/mol. The van der Waals surface area contributed by atoms with Gasteiger partial charge in [-0.2, -0.15) is 10.1 Å². The van der Waals surface area contributed by atoms with Crippen molar-refractivity contribution in [1.82, 2.24) is 19.7 Å². The van der Waals surface area contributed by atoms with E-state index in [-0.39, 0.29) is 11.3 Å². The number of aryl methyl sites for hydroxylation is 1. The Kier molecular flexibility index (Phi) is 5.32. The summed E-state index contributed by atoms with van der Waals surface area (Å²) in [4.78, 5) is 19.4.